The predicted octanol–water partition coefficient (Wildman–Crippen LogP) is 1.77. The van der Waals surface area contributed by atoms with Crippen molar-refractivity contribution in [2.24, 2.45) is 0 Å². The van der Waals surface area contributed by atoms with E-state index in [2.05, 4.69) is 17.2 Å². The average Bonchev–Trinajstić information content (AvgIpc) is 2.46. The zero-order valence-electron chi connectivity index (χ0n) is 13.8. The van der Waals surface area contributed by atoms with E-state index in [4.69, 9.17) is 0 Å². The standard InChI is InChI=1S/C17H23N3O3/c1-4-10-17(2,3)19-14(21)9-11-20-13-8-6-5-7-12(13)15(22)18-16(20)23/h5-8H,4,9-11H2,1-3H3,(H,19,21)(H,18,22,23). The molecule has 0 saturated carbocycles. The monoisotopic (exact) mass is 317 g/mol. The van der Waals surface area contributed by atoms with E-state index in [1.807, 2.05) is 13.8 Å². The number of carbonyl (C=O) groups excluding carboxylic acids is 1. The Morgan fingerprint density at radius 2 is 1.96 bits per heavy atom. The predicted molar refractivity (Wildman–Crippen MR) is 90.6 cm³/mol. The first-order chi connectivity index (χ1) is 10.8. The molecule has 0 atom stereocenters. The zero-order valence-corrected chi connectivity index (χ0v) is 13.8. The van der Waals surface area contributed by atoms with Gasteiger partial charge in [-0.15, -0.1) is 0 Å². The fourth-order valence-corrected chi connectivity index (χ4v) is 2.81. The number of para-hydroxylation sites is 1. The molecule has 0 saturated heterocycles. The van der Waals surface area contributed by atoms with Crippen LogP contribution in [0.5, 0.6) is 0 Å². The molecule has 0 bridgehead atoms. The highest BCUT2D eigenvalue weighted by Gasteiger charge is 2.19. The lowest BCUT2D eigenvalue weighted by molar-refractivity contribution is -0.122. The number of carbonyl (C=O) groups is 1. The largest absolute Gasteiger partial charge is 0.351 e. The molecule has 2 N–H and O–H groups in total. The highest BCUT2D eigenvalue weighted by Crippen LogP contribution is 2.11. The number of rotatable bonds is 6. The van der Waals surface area contributed by atoms with Gasteiger partial charge in [0.2, 0.25) is 5.91 Å². The van der Waals surface area contributed by atoms with Gasteiger partial charge in [0.25, 0.3) is 5.56 Å². The maximum absolute atomic E-state index is 12.1. The van der Waals surface area contributed by atoms with Gasteiger partial charge in [-0.2, -0.15) is 0 Å². The van der Waals surface area contributed by atoms with Crippen molar-refractivity contribution in [1.29, 1.82) is 0 Å². The lowest BCUT2D eigenvalue weighted by Gasteiger charge is -2.25. The van der Waals surface area contributed by atoms with E-state index in [1.54, 1.807) is 24.3 Å². The van der Waals surface area contributed by atoms with Crippen LogP contribution in [0.25, 0.3) is 10.9 Å². The van der Waals surface area contributed by atoms with Crippen LogP contribution in [0.2, 0.25) is 0 Å². The number of amides is 1. The van der Waals surface area contributed by atoms with Crippen LogP contribution in [-0.4, -0.2) is 21.0 Å². The third kappa shape index (κ3) is 4.09. The van der Waals surface area contributed by atoms with Crippen molar-refractivity contribution in [3.05, 3.63) is 45.1 Å². The summed E-state index contributed by atoms with van der Waals surface area (Å²) in [6.07, 6.45) is 2.06. The van der Waals surface area contributed by atoms with Gasteiger partial charge in [-0.25, -0.2) is 4.79 Å². The summed E-state index contributed by atoms with van der Waals surface area (Å²) in [5.41, 5.74) is -0.615. The van der Waals surface area contributed by atoms with Crippen LogP contribution in [-0.2, 0) is 11.3 Å². The summed E-state index contributed by atoms with van der Waals surface area (Å²) < 4.78 is 1.43. The van der Waals surface area contributed by atoms with E-state index < -0.39 is 11.2 Å². The SMILES string of the molecule is CCCC(C)(C)NC(=O)CCn1c(=O)[nH]c(=O)c2ccccc21. The number of hydrogen-bond donors (Lipinski definition) is 2. The van der Waals surface area contributed by atoms with Gasteiger partial charge >= 0.3 is 5.69 Å². The molecule has 124 valence electrons. The minimum absolute atomic E-state index is 0.106. The van der Waals surface area contributed by atoms with E-state index in [0.29, 0.717) is 10.9 Å². The van der Waals surface area contributed by atoms with Gasteiger partial charge in [0, 0.05) is 18.5 Å². The molecule has 2 aromatic rings. The third-order valence-corrected chi connectivity index (χ3v) is 3.82. The normalized spacial score (nSPS) is 11.6. The molecule has 6 nitrogen and oxygen atoms in total. The average molecular weight is 317 g/mol. The van der Waals surface area contributed by atoms with Crippen LogP contribution in [0.3, 0.4) is 0 Å². The molecule has 1 aromatic carbocycles. The first kappa shape index (κ1) is 17.0. The quantitative estimate of drug-likeness (QED) is 0.851. The van der Waals surface area contributed by atoms with Gasteiger partial charge in [-0.3, -0.25) is 19.1 Å². The number of aryl methyl sites for hydroxylation is 1. The Hall–Kier alpha value is -2.37. The first-order valence-corrected chi connectivity index (χ1v) is 7.87. The van der Waals surface area contributed by atoms with Gasteiger partial charge in [0.15, 0.2) is 0 Å². The van der Waals surface area contributed by atoms with Gasteiger partial charge in [0.1, 0.15) is 0 Å². The van der Waals surface area contributed by atoms with E-state index >= 15 is 0 Å². The number of benzene rings is 1. The Bertz CT molecular complexity index is 818. The number of hydrogen-bond acceptors (Lipinski definition) is 3. The Morgan fingerprint density at radius 1 is 1.26 bits per heavy atom. The summed E-state index contributed by atoms with van der Waals surface area (Å²) in [6.45, 7) is 6.26. The molecule has 0 spiro atoms. The molecule has 0 aliphatic heterocycles. The second-order valence-electron chi connectivity index (χ2n) is 6.36. The molecule has 0 fully saturated rings. The number of nitrogens with one attached hydrogen (secondary N) is 2. The van der Waals surface area contributed by atoms with Crippen molar-refractivity contribution in [3.8, 4) is 0 Å². The summed E-state index contributed by atoms with van der Waals surface area (Å²) in [4.78, 5) is 38.2. The molecular formula is C17H23N3O3. The summed E-state index contributed by atoms with van der Waals surface area (Å²) >= 11 is 0. The lowest BCUT2D eigenvalue weighted by atomic mass is 9.99. The van der Waals surface area contributed by atoms with Crippen LogP contribution in [0.1, 0.15) is 40.0 Å². The maximum atomic E-state index is 12.1. The first-order valence-electron chi connectivity index (χ1n) is 7.87. The Labute approximate surface area is 134 Å². The number of fused-ring (bicyclic) bond motifs is 1. The second-order valence-corrected chi connectivity index (χ2v) is 6.36. The summed E-state index contributed by atoms with van der Waals surface area (Å²) in [6, 6.07) is 6.88. The summed E-state index contributed by atoms with van der Waals surface area (Å²) in [5, 5.41) is 3.42. The molecule has 1 aromatic heterocycles. The van der Waals surface area contributed by atoms with Crippen molar-refractivity contribution in [1.82, 2.24) is 14.9 Å². The van der Waals surface area contributed by atoms with Crippen LogP contribution in [0.4, 0.5) is 0 Å². The molecule has 1 amide bonds. The third-order valence-electron chi connectivity index (χ3n) is 3.82. The van der Waals surface area contributed by atoms with Crippen molar-refractivity contribution in [2.75, 3.05) is 0 Å². The molecule has 0 aliphatic carbocycles. The Kier molecular flexibility index (Phi) is 5.03. The van der Waals surface area contributed by atoms with Crippen LogP contribution in [0, 0.1) is 0 Å². The van der Waals surface area contributed by atoms with Gasteiger partial charge < -0.3 is 5.32 Å². The highest BCUT2D eigenvalue weighted by molar-refractivity contribution is 5.79. The summed E-state index contributed by atoms with van der Waals surface area (Å²) in [5.74, 6) is -0.106. The van der Waals surface area contributed by atoms with E-state index in [0.717, 1.165) is 12.8 Å². The molecule has 1 heterocycles. The smallest absolute Gasteiger partial charge is 0.328 e. The molecular weight excluding hydrogens is 294 g/mol. The molecule has 2 rings (SSSR count). The van der Waals surface area contributed by atoms with Crippen molar-refractivity contribution >= 4 is 16.8 Å². The lowest BCUT2D eigenvalue weighted by Crippen LogP contribution is -2.43. The number of aromatic amines is 1. The van der Waals surface area contributed by atoms with Crippen LogP contribution < -0.4 is 16.6 Å². The molecule has 0 unspecified atom stereocenters. The van der Waals surface area contributed by atoms with Crippen molar-refractivity contribution in [2.45, 2.75) is 52.1 Å². The van der Waals surface area contributed by atoms with Gasteiger partial charge in [-0.1, -0.05) is 25.5 Å². The maximum Gasteiger partial charge on any atom is 0.328 e. The van der Waals surface area contributed by atoms with Crippen LogP contribution in [0.15, 0.2) is 33.9 Å². The minimum atomic E-state index is -0.491. The van der Waals surface area contributed by atoms with Gasteiger partial charge in [0.05, 0.1) is 10.9 Å². The Morgan fingerprint density at radius 3 is 2.65 bits per heavy atom. The second kappa shape index (κ2) is 6.81. The van der Waals surface area contributed by atoms with Crippen LogP contribution >= 0.6 is 0 Å². The molecule has 0 aliphatic rings. The topological polar surface area (TPSA) is 84.0 Å². The molecule has 23 heavy (non-hydrogen) atoms. The fourth-order valence-electron chi connectivity index (χ4n) is 2.81. The van der Waals surface area contributed by atoms with Gasteiger partial charge in [-0.05, 0) is 32.4 Å². The zero-order chi connectivity index (χ0) is 17.0. The van der Waals surface area contributed by atoms with E-state index in [9.17, 15) is 14.4 Å². The summed E-state index contributed by atoms with van der Waals surface area (Å²) in [7, 11) is 0. The number of aromatic nitrogens is 2. The fraction of sp³-hybridized carbons (Fsp3) is 0.471. The van der Waals surface area contributed by atoms with Crippen molar-refractivity contribution in [3.63, 3.8) is 0 Å². The number of H-pyrrole nitrogens is 1. The van der Waals surface area contributed by atoms with E-state index in [-0.39, 0.29) is 24.4 Å². The number of nitrogens with zero attached hydrogens (tertiary/aromatic N) is 1. The molecule has 0 radical (unpaired) electrons. The highest BCUT2D eigenvalue weighted by atomic mass is 16.2. The molecule has 6 heteroatoms. The minimum Gasteiger partial charge on any atom is -0.351 e. The van der Waals surface area contributed by atoms with E-state index in [1.165, 1.54) is 4.57 Å². The van der Waals surface area contributed by atoms with Crippen molar-refractivity contribution < 1.29 is 4.79 Å². The Balaban J connectivity index is 2.19.